The Morgan fingerprint density at radius 2 is 1.65 bits per heavy atom. The van der Waals surface area contributed by atoms with Crippen molar-refractivity contribution in [3.8, 4) is 6.07 Å². The largest absolute Gasteiger partial charge is 0.299 e. The summed E-state index contributed by atoms with van der Waals surface area (Å²) >= 11 is 0. The molecule has 0 aromatic rings. The molecular formula is C14H13FeNO. The molecule has 2 saturated carbocycles. The van der Waals surface area contributed by atoms with Crippen LogP contribution >= 0.6 is 0 Å². The Bertz CT molecular complexity index is 248. The maximum Gasteiger partial charge on any atom is 0.137 e. The van der Waals surface area contributed by atoms with Gasteiger partial charge in [-0.15, -0.1) is 0 Å². The van der Waals surface area contributed by atoms with Crippen molar-refractivity contribution >= 4 is 5.78 Å². The van der Waals surface area contributed by atoms with Gasteiger partial charge in [-0.05, 0) is 58.3 Å². The Morgan fingerprint density at radius 3 is 2.06 bits per heavy atom. The minimum atomic E-state index is 0. The van der Waals surface area contributed by atoms with Crippen LogP contribution in [0.25, 0.3) is 0 Å². The number of nitrogens with zero attached hydrogens (tertiary/aromatic N) is 1. The quantitative estimate of drug-likeness (QED) is 0.720. The molecule has 10 radical (unpaired) electrons. The zero-order valence-electron chi connectivity index (χ0n) is 9.53. The Morgan fingerprint density at radius 1 is 1.12 bits per heavy atom. The predicted molar refractivity (Wildman–Crippen MR) is 61.8 cm³/mol. The van der Waals surface area contributed by atoms with E-state index in [1.807, 2.05) is 38.2 Å². The van der Waals surface area contributed by atoms with Crippen LogP contribution in [0.5, 0.6) is 0 Å². The third-order valence-corrected chi connectivity index (χ3v) is 2.11. The van der Waals surface area contributed by atoms with E-state index in [2.05, 4.69) is 0 Å². The number of Topliss-reactive ketones (excluding diaryl/α,β-unsaturated/α-hetero) is 1. The van der Waals surface area contributed by atoms with Crippen LogP contribution in [0, 0.1) is 74.5 Å². The average Bonchev–Trinajstić information content (AvgIpc) is 2.91. The van der Waals surface area contributed by atoms with Crippen molar-refractivity contribution < 1.29 is 21.9 Å². The fourth-order valence-electron chi connectivity index (χ4n) is 1.36. The maximum absolute atomic E-state index is 10.9. The Labute approximate surface area is 116 Å². The summed E-state index contributed by atoms with van der Waals surface area (Å²) in [4.78, 5) is 10.9. The molecule has 0 heterocycles. The van der Waals surface area contributed by atoms with E-state index in [0.29, 0.717) is 12.3 Å². The van der Waals surface area contributed by atoms with E-state index >= 15 is 0 Å². The second kappa shape index (κ2) is 9.68. The van der Waals surface area contributed by atoms with Crippen LogP contribution in [0.2, 0.25) is 0 Å². The zero-order chi connectivity index (χ0) is 11.8. The van der Waals surface area contributed by atoms with Crippen LogP contribution in [0.3, 0.4) is 0 Å². The molecule has 0 amide bonds. The van der Waals surface area contributed by atoms with Gasteiger partial charge in [-0.3, -0.25) is 4.79 Å². The third-order valence-electron chi connectivity index (χ3n) is 2.11. The van der Waals surface area contributed by atoms with E-state index in [9.17, 15) is 4.79 Å². The SMILES string of the molecule is CC(=O)[C]1[CH][CH][CH][C]1CC#N.[CH]1[CH][CH][CH][CH]1.[Fe]. The summed E-state index contributed by atoms with van der Waals surface area (Å²) < 4.78 is 0. The molecular weight excluding hydrogens is 254 g/mol. The van der Waals surface area contributed by atoms with Crippen molar-refractivity contribution in [1.82, 2.24) is 0 Å². The number of hydrogen-bond acceptors (Lipinski definition) is 2. The summed E-state index contributed by atoms with van der Waals surface area (Å²) in [5.41, 5.74) is 0. The minimum Gasteiger partial charge on any atom is -0.299 e. The molecule has 0 spiro atoms. The molecule has 2 rings (SSSR count). The Hall–Kier alpha value is -0.321. The third kappa shape index (κ3) is 6.24. The van der Waals surface area contributed by atoms with E-state index < -0.39 is 0 Å². The van der Waals surface area contributed by atoms with Gasteiger partial charge in [0.2, 0.25) is 0 Å². The maximum atomic E-state index is 10.9. The molecule has 88 valence electrons. The van der Waals surface area contributed by atoms with Crippen molar-refractivity contribution in [2.24, 2.45) is 0 Å². The molecule has 0 atom stereocenters. The van der Waals surface area contributed by atoms with Crippen LogP contribution in [-0.4, -0.2) is 5.78 Å². The Kier molecular flexibility index (Phi) is 9.50. The fourth-order valence-corrected chi connectivity index (χ4v) is 1.36. The molecule has 17 heavy (non-hydrogen) atoms. The van der Waals surface area contributed by atoms with E-state index in [1.165, 1.54) is 6.92 Å². The van der Waals surface area contributed by atoms with Gasteiger partial charge in [-0.25, -0.2) is 0 Å². The standard InChI is InChI=1S/C9H8NO.C5H5.Fe/c1-7(11)9-4-2-3-8(9)5-6-10;1-2-4-5-3-1;/h2-4H,5H2,1H3;1-5H;. The molecule has 0 aromatic heterocycles. The van der Waals surface area contributed by atoms with Gasteiger partial charge >= 0.3 is 0 Å². The summed E-state index contributed by atoms with van der Waals surface area (Å²) in [6.07, 6.45) is 15.7. The summed E-state index contributed by atoms with van der Waals surface area (Å²) in [5, 5.41) is 8.38. The second-order valence-electron chi connectivity index (χ2n) is 3.32. The van der Waals surface area contributed by atoms with Gasteiger partial charge in [0, 0.05) is 29.4 Å². The molecule has 0 unspecified atom stereocenters. The molecule has 0 saturated heterocycles. The van der Waals surface area contributed by atoms with Crippen LogP contribution in [0.1, 0.15) is 13.3 Å². The van der Waals surface area contributed by atoms with Crippen molar-refractivity contribution in [2.45, 2.75) is 13.3 Å². The van der Waals surface area contributed by atoms with Gasteiger partial charge in [0.1, 0.15) is 5.78 Å². The van der Waals surface area contributed by atoms with Crippen molar-refractivity contribution in [3.05, 3.63) is 63.2 Å². The molecule has 2 nitrogen and oxygen atoms in total. The normalized spacial score (nSPS) is 20.0. The van der Waals surface area contributed by atoms with E-state index in [-0.39, 0.29) is 22.9 Å². The molecule has 0 N–H and O–H groups in total. The molecule has 2 fully saturated rings. The molecule has 0 aliphatic heterocycles. The first-order chi connectivity index (χ1) is 7.75. The van der Waals surface area contributed by atoms with Gasteiger partial charge in [0.05, 0.1) is 12.0 Å². The fraction of sp³-hybridized carbons (Fsp3) is 0.143. The van der Waals surface area contributed by atoms with Crippen molar-refractivity contribution in [2.75, 3.05) is 0 Å². The Balaban J connectivity index is 0.000000360. The van der Waals surface area contributed by atoms with Crippen LogP contribution in [-0.2, 0) is 21.9 Å². The van der Waals surface area contributed by atoms with E-state index in [0.717, 1.165) is 5.92 Å². The first-order valence-corrected chi connectivity index (χ1v) is 5.05. The number of carbonyl (C=O) groups excluding carboxylic acids is 1. The van der Waals surface area contributed by atoms with Gasteiger partial charge in [0.15, 0.2) is 0 Å². The van der Waals surface area contributed by atoms with Crippen molar-refractivity contribution in [1.29, 1.82) is 5.26 Å². The van der Waals surface area contributed by atoms with Crippen LogP contribution in [0.4, 0.5) is 0 Å². The van der Waals surface area contributed by atoms with E-state index in [1.54, 1.807) is 19.3 Å². The first-order valence-electron chi connectivity index (χ1n) is 5.05. The van der Waals surface area contributed by atoms with Gasteiger partial charge in [-0.1, -0.05) is 0 Å². The van der Waals surface area contributed by atoms with Gasteiger partial charge in [-0.2, -0.15) is 5.26 Å². The predicted octanol–water partition coefficient (Wildman–Crippen LogP) is 2.28. The van der Waals surface area contributed by atoms with Crippen LogP contribution < -0.4 is 0 Å². The molecule has 0 bridgehead atoms. The summed E-state index contributed by atoms with van der Waals surface area (Å²) in [7, 11) is 0. The summed E-state index contributed by atoms with van der Waals surface area (Å²) in [6, 6.07) is 2.01. The number of carbonyl (C=O) groups is 1. The average molecular weight is 267 g/mol. The first kappa shape index (κ1) is 16.7. The monoisotopic (exact) mass is 267 g/mol. The zero-order valence-corrected chi connectivity index (χ0v) is 10.6. The second-order valence-corrected chi connectivity index (χ2v) is 3.32. The van der Waals surface area contributed by atoms with Gasteiger partial charge < -0.3 is 0 Å². The topological polar surface area (TPSA) is 40.9 Å². The van der Waals surface area contributed by atoms with Crippen molar-refractivity contribution in [3.63, 3.8) is 0 Å². The smallest absolute Gasteiger partial charge is 0.137 e. The molecule has 0 aromatic carbocycles. The molecule has 2 aliphatic carbocycles. The molecule has 2 aliphatic rings. The number of hydrogen-bond donors (Lipinski definition) is 0. The minimum absolute atomic E-state index is 0. The number of nitriles is 1. The summed E-state index contributed by atoms with van der Waals surface area (Å²) in [5.74, 6) is 1.53. The number of rotatable bonds is 2. The van der Waals surface area contributed by atoms with E-state index in [4.69, 9.17) is 5.26 Å². The summed E-state index contributed by atoms with van der Waals surface area (Å²) in [6.45, 7) is 1.51. The number of ketones is 1. The van der Waals surface area contributed by atoms with Crippen LogP contribution in [0.15, 0.2) is 0 Å². The van der Waals surface area contributed by atoms with Gasteiger partial charge in [0.25, 0.3) is 0 Å². The molecule has 3 heteroatoms.